The fourth-order valence-corrected chi connectivity index (χ4v) is 5.15. The lowest BCUT2D eigenvalue weighted by molar-refractivity contribution is 0.208. The molecule has 24 heavy (non-hydrogen) atoms. The number of hydrogen-bond donors (Lipinski definition) is 2. The van der Waals surface area contributed by atoms with E-state index in [2.05, 4.69) is 33.8 Å². The second-order valence-corrected chi connectivity index (χ2v) is 9.36. The maximum Gasteiger partial charge on any atom is 0.250 e. The van der Waals surface area contributed by atoms with E-state index in [1.807, 2.05) is 6.92 Å². The molecule has 2 unspecified atom stereocenters. The van der Waals surface area contributed by atoms with Crippen molar-refractivity contribution >= 4 is 27.3 Å². The van der Waals surface area contributed by atoms with E-state index in [-0.39, 0.29) is 0 Å². The molecular formula is C16H28N4O2S2. The van der Waals surface area contributed by atoms with Gasteiger partial charge < -0.3 is 10.2 Å². The first kappa shape index (κ1) is 19.2. The highest BCUT2D eigenvalue weighted by molar-refractivity contribution is 7.91. The molecule has 136 valence electrons. The highest BCUT2D eigenvalue weighted by atomic mass is 32.2. The summed E-state index contributed by atoms with van der Waals surface area (Å²) in [5.74, 6) is 2.18. The van der Waals surface area contributed by atoms with Crippen LogP contribution in [0, 0.1) is 11.8 Å². The quantitative estimate of drug-likeness (QED) is 0.455. The zero-order chi connectivity index (χ0) is 17.6. The van der Waals surface area contributed by atoms with E-state index in [1.54, 1.807) is 17.5 Å². The van der Waals surface area contributed by atoms with Crippen LogP contribution in [0.5, 0.6) is 0 Å². The molecule has 0 amide bonds. The van der Waals surface area contributed by atoms with Gasteiger partial charge in [-0.1, -0.05) is 19.9 Å². The smallest absolute Gasteiger partial charge is 0.250 e. The predicted molar refractivity (Wildman–Crippen MR) is 100 cm³/mol. The van der Waals surface area contributed by atoms with Gasteiger partial charge in [0.05, 0.1) is 6.54 Å². The largest absolute Gasteiger partial charge is 0.357 e. The summed E-state index contributed by atoms with van der Waals surface area (Å²) in [6.07, 6.45) is 1.25. The standard InChI is InChI=1S/C16H28N4O2S2/c1-4-17-16(20-11-13(2)10-14(3)12-20)18-7-8-19-24(21,22)15-6-5-9-23-15/h5-6,9,13-14,19H,4,7-8,10-12H2,1-3H3,(H,17,18). The number of nitrogens with one attached hydrogen (secondary N) is 2. The first-order chi connectivity index (χ1) is 11.4. The molecule has 0 aromatic carbocycles. The first-order valence-electron chi connectivity index (χ1n) is 8.48. The third-order valence-electron chi connectivity index (χ3n) is 3.93. The van der Waals surface area contributed by atoms with E-state index in [0.29, 0.717) is 29.1 Å². The third-order valence-corrected chi connectivity index (χ3v) is 6.79. The summed E-state index contributed by atoms with van der Waals surface area (Å²) in [5, 5.41) is 5.08. The first-order valence-corrected chi connectivity index (χ1v) is 10.8. The topological polar surface area (TPSA) is 73.8 Å². The minimum absolute atomic E-state index is 0.300. The van der Waals surface area contributed by atoms with Crippen LogP contribution in [0.1, 0.15) is 27.2 Å². The Kier molecular flexibility index (Phi) is 7.06. The van der Waals surface area contributed by atoms with Crippen molar-refractivity contribution in [3.8, 4) is 0 Å². The van der Waals surface area contributed by atoms with Crippen molar-refractivity contribution in [2.75, 3.05) is 32.7 Å². The number of sulfonamides is 1. The molecule has 1 fully saturated rings. The molecule has 0 radical (unpaired) electrons. The van der Waals surface area contributed by atoms with Gasteiger partial charge >= 0.3 is 0 Å². The van der Waals surface area contributed by atoms with Gasteiger partial charge in [-0.25, -0.2) is 13.1 Å². The molecular weight excluding hydrogens is 344 g/mol. The molecule has 2 atom stereocenters. The number of rotatable bonds is 6. The van der Waals surface area contributed by atoms with Crippen molar-refractivity contribution < 1.29 is 8.42 Å². The Morgan fingerprint density at radius 1 is 1.38 bits per heavy atom. The fourth-order valence-electron chi connectivity index (χ4n) is 3.09. The second kappa shape index (κ2) is 8.82. The van der Waals surface area contributed by atoms with E-state index in [4.69, 9.17) is 0 Å². The average molecular weight is 373 g/mol. The summed E-state index contributed by atoms with van der Waals surface area (Å²) in [4.78, 5) is 6.89. The molecule has 2 N–H and O–H groups in total. The van der Waals surface area contributed by atoms with E-state index in [0.717, 1.165) is 25.6 Å². The van der Waals surface area contributed by atoms with Crippen LogP contribution in [-0.2, 0) is 10.0 Å². The Balaban J connectivity index is 1.91. The highest BCUT2D eigenvalue weighted by Gasteiger charge is 2.24. The lowest BCUT2D eigenvalue weighted by atomic mass is 9.92. The third kappa shape index (κ3) is 5.46. The lowest BCUT2D eigenvalue weighted by Gasteiger charge is -2.37. The molecule has 2 heterocycles. The van der Waals surface area contributed by atoms with Crippen LogP contribution >= 0.6 is 11.3 Å². The average Bonchev–Trinajstić information content (AvgIpc) is 3.04. The molecule has 1 aliphatic rings. The van der Waals surface area contributed by atoms with Gasteiger partial charge in [-0.3, -0.25) is 4.99 Å². The Morgan fingerprint density at radius 2 is 2.08 bits per heavy atom. The van der Waals surface area contributed by atoms with Crippen LogP contribution in [0.25, 0.3) is 0 Å². The van der Waals surface area contributed by atoms with Crippen LogP contribution in [0.3, 0.4) is 0 Å². The zero-order valence-corrected chi connectivity index (χ0v) is 16.3. The van der Waals surface area contributed by atoms with Crippen LogP contribution in [0.2, 0.25) is 0 Å². The van der Waals surface area contributed by atoms with E-state index >= 15 is 0 Å². The number of hydrogen-bond acceptors (Lipinski definition) is 4. The monoisotopic (exact) mass is 372 g/mol. The lowest BCUT2D eigenvalue weighted by Crippen LogP contribution is -2.48. The van der Waals surface area contributed by atoms with E-state index < -0.39 is 10.0 Å². The molecule has 0 saturated carbocycles. The molecule has 0 spiro atoms. The van der Waals surface area contributed by atoms with Gasteiger partial charge in [0, 0.05) is 26.2 Å². The maximum absolute atomic E-state index is 12.1. The normalized spacial score (nSPS) is 22.6. The molecule has 1 aromatic rings. The summed E-state index contributed by atoms with van der Waals surface area (Å²) < 4.78 is 27.1. The summed E-state index contributed by atoms with van der Waals surface area (Å²) >= 11 is 1.22. The fraction of sp³-hybridized carbons (Fsp3) is 0.688. The highest BCUT2D eigenvalue weighted by Crippen LogP contribution is 2.20. The Bertz CT molecular complexity index is 619. The summed E-state index contributed by atoms with van der Waals surface area (Å²) in [7, 11) is -3.40. The molecule has 8 heteroatoms. The van der Waals surface area contributed by atoms with Gasteiger partial charge in [-0.2, -0.15) is 0 Å². The molecule has 0 aliphatic carbocycles. The van der Waals surface area contributed by atoms with Crippen molar-refractivity contribution in [1.82, 2.24) is 14.9 Å². The predicted octanol–water partition coefficient (Wildman–Crippen LogP) is 1.97. The van der Waals surface area contributed by atoms with Crippen molar-refractivity contribution in [1.29, 1.82) is 0 Å². The molecule has 6 nitrogen and oxygen atoms in total. The molecule has 2 rings (SSSR count). The van der Waals surface area contributed by atoms with Crippen LogP contribution < -0.4 is 10.0 Å². The number of guanidine groups is 1. The van der Waals surface area contributed by atoms with Crippen LogP contribution in [0.15, 0.2) is 26.7 Å². The van der Waals surface area contributed by atoms with E-state index in [1.165, 1.54) is 17.8 Å². The van der Waals surface area contributed by atoms with Crippen LogP contribution in [0.4, 0.5) is 0 Å². The maximum atomic E-state index is 12.1. The Hall–Kier alpha value is -1.12. The van der Waals surface area contributed by atoms with Crippen molar-refractivity contribution in [3.63, 3.8) is 0 Å². The number of likely N-dealkylation sites (tertiary alicyclic amines) is 1. The van der Waals surface area contributed by atoms with Crippen molar-refractivity contribution in [2.45, 2.75) is 31.4 Å². The molecule has 1 saturated heterocycles. The van der Waals surface area contributed by atoms with Gasteiger partial charge in [0.15, 0.2) is 5.96 Å². The van der Waals surface area contributed by atoms with Gasteiger partial charge in [0.1, 0.15) is 4.21 Å². The summed E-state index contributed by atoms with van der Waals surface area (Å²) in [6.45, 7) is 10.1. The van der Waals surface area contributed by atoms with Gasteiger partial charge in [-0.05, 0) is 36.6 Å². The minimum atomic E-state index is -3.40. The zero-order valence-electron chi connectivity index (χ0n) is 14.7. The summed E-state index contributed by atoms with van der Waals surface area (Å²) in [5.41, 5.74) is 0. The minimum Gasteiger partial charge on any atom is -0.357 e. The van der Waals surface area contributed by atoms with Gasteiger partial charge in [0.2, 0.25) is 10.0 Å². The van der Waals surface area contributed by atoms with Gasteiger partial charge in [0.25, 0.3) is 0 Å². The number of nitrogens with zero attached hydrogens (tertiary/aromatic N) is 2. The SMILES string of the molecule is CCNC(=NCCNS(=O)(=O)c1cccs1)N1CC(C)CC(C)C1. The Labute approximate surface area is 149 Å². The second-order valence-electron chi connectivity index (χ2n) is 6.42. The van der Waals surface area contributed by atoms with Crippen molar-refractivity contribution in [3.05, 3.63) is 17.5 Å². The number of aliphatic imine (C=N–C) groups is 1. The van der Waals surface area contributed by atoms with Crippen LogP contribution in [-0.4, -0.2) is 52.0 Å². The Morgan fingerprint density at radius 3 is 2.67 bits per heavy atom. The van der Waals surface area contributed by atoms with E-state index in [9.17, 15) is 8.42 Å². The molecule has 0 bridgehead atoms. The summed E-state index contributed by atoms with van der Waals surface area (Å²) in [6, 6.07) is 3.34. The number of thiophene rings is 1. The molecule has 1 aromatic heterocycles. The van der Waals surface area contributed by atoms with Crippen molar-refractivity contribution in [2.24, 2.45) is 16.8 Å². The number of piperidine rings is 1. The van der Waals surface area contributed by atoms with Gasteiger partial charge in [-0.15, -0.1) is 11.3 Å². The molecule has 1 aliphatic heterocycles.